The van der Waals surface area contributed by atoms with Crippen LogP contribution in [-0.2, 0) is 5.75 Å². The van der Waals surface area contributed by atoms with Gasteiger partial charge in [-0.2, -0.15) is 5.10 Å². The number of nitrogens with one attached hydrogen (secondary N) is 2. The quantitative estimate of drug-likeness (QED) is 0.619. The summed E-state index contributed by atoms with van der Waals surface area (Å²) in [5.41, 5.74) is 3.57. The molecule has 7 heteroatoms. The van der Waals surface area contributed by atoms with Gasteiger partial charge in [-0.1, -0.05) is 45.9 Å². The van der Waals surface area contributed by atoms with Crippen molar-refractivity contribution in [2.24, 2.45) is 0 Å². The fourth-order valence-electron chi connectivity index (χ4n) is 2.09. The monoisotopic (exact) mass is 402 g/mol. The molecule has 0 radical (unpaired) electrons. The van der Waals surface area contributed by atoms with Gasteiger partial charge in [0.15, 0.2) is 5.16 Å². The molecule has 2 aromatic carbocycles. The Morgan fingerprint density at radius 1 is 1.25 bits per heavy atom. The summed E-state index contributed by atoms with van der Waals surface area (Å²) in [6.07, 6.45) is 1.49. The SMILES string of the molecule is Cc1ccc(Br)cc1NC(=O)c1ccc(CSc2ncn[nH]2)cc1. The number of hydrogen-bond donors (Lipinski definition) is 2. The predicted molar refractivity (Wildman–Crippen MR) is 99.2 cm³/mol. The van der Waals surface area contributed by atoms with Crippen molar-refractivity contribution < 1.29 is 4.79 Å². The first kappa shape index (κ1) is 16.7. The highest BCUT2D eigenvalue weighted by Gasteiger charge is 2.08. The summed E-state index contributed by atoms with van der Waals surface area (Å²) in [6, 6.07) is 13.4. The van der Waals surface area contributed by atoms with Gasteiger partial charge in [-0.3, -0.25) is 9.89 Å². The Hall–Kier alpha value is -2.12. The van der Waals surface area contributed by atoms with Crippen molar-refractivity contribution in [1.29, 1.82) is 0 Å². The van der Waals surface area contributed by atoms with Crippen molar-refractivity contribution in [3.05, 3.63) is 70.0 Å². The Morgan fingerprint density at radius 3 is 2.75 bits per heavy atom. The fraction of sp³-hybridized carbons (Fsp3) is 0.118. The molecule has 0 spiro atoms. The van der Waals surface area contributed by atoms with Crippen molar-refractivity contribution >= 4 is 39.3 Å². The summed E-state index contributed by atoms with van der Waals surface area (Å²) in [5, 5.41) is 10.3. The smallest absolute Gasteiger partial charge is 0.255 e. The van der Waals surface area contributed by atoms with E-state index in [1.54, 1.807) is 11.8 Å². The van der Waals surface area contributed by atoms with E-state index in [2.05, 4.69) is 36.4 Å². The molecule has 1 aromatic heterocycles. The lowest BCUT2D eigenvalue weighted by Crippen LogP contribution is -2.12. The third-order valence-corrected chi connectivity index (χ3v) is 4.87. The first-order valence-corrected chi connectivity index (χ1v) is 9.04. The molecule has 3 rings (SSSR count). The van der Waals surface area contributed by atoms with E-state index in [1.165, 1.54) is 6.33 Å². The highest BCUT2D eigenvalue weighted by atomic mass is 79.9. The molecule has 1 amide bonds. The van der Waals surface area contributed by atoms with Crippen LogP contribution in [0.2, 0.25) is 0 Å². The minimum atomic E-state index is -0.120. The number of aromatic nitrogens is 3. The normalized spacial score (nSPS) is 10.6. The van der Waals surface area contributed by atoms with Crippen LogP contribution in [0.25, 0.3) is 0 Å². The van der Waals surface area contributed by atoms with Gasteiger partial charge in [-0.15, -0.1) is 0 Å². The zero-order valence-corrected chi connectivity index (χ0v) is 15.3. The molecule has 24 heavy (non-hydrogen) atoms. The molecular weight excluding hydrogens is 388 g/mol. The first-order chi connectivity index (χ1) is 11.6. The van der Waals surface area contributed by atoms with Gasteiger partial charge in [0, 0.05) is 21.5 Å². The topological polar surface area (TPSA) is 70.7 Å². The predicted octanol–water partition coefficient (Wildman–Crippen LogP) is 4.42. The molecule has 0 aliphatic carbocycles. The maximum Gasteiger partial charge on any atom is 0.255 e. The molecule has 2 N–H and O–H groups in total. The maximum atomic E-state index is 12.4. The van der Waals surface area contributed by atoms with E-state index < -0.39 is 0 Å². The van der Waals surface area contributed by atoms with Gasteiger partial charge >= 0.3 is 0 Å². The lowest BCUT2D eigenvalue weighted by Gasteiger charge is -2.09. The lowest BCUT2D eigenvalue weighted by molar-refractivity contribution is 0.102. The highest BCUT2D eigenvalue weighted by Crippen LogP contribution is 2.22. The number of aryl methyl sites for hydroxylation is 1. The van der Waals surface area contributed by atoms with Gasteiger partial charge in [-0.25, -0.2) is 4.98 Å². The number of carbonyl (C=O) groups excluding carboxylic acids is 1. The highest BCUT2D eigenvalue weighted by molar-refractivity contribution is 9.10. The lowest BCUT2D eigenvalue weighted by atomic mass is 10.1. The summed E-state index contributed by atoms with van der Waals surface area (Å²) in [5.74, 6) is 0.646. The molecule has 3 aromatic rings. The number of rotatable bonds is 5. The molecule has 122 valence electrons. The van der Waals surface area contributed by atoms with E-state index in [-0.39, 0.29) is 5.91 Å². The third kappa shape index (κ3) is 4.24. The standard InChI is InChI=1S/C17H15BrN4OS/c1-11-2-7-14(18)8-15(11)21-16(23)13-5-3-12(4-6-13)9-24-17-19-10-20-22-17/h2-8,10H,9H2,1H3,(H,21,23)(H,19,20,22). The number of amides is 1. The van der Waals surface area contributed by atoms with E-state index in [0.717, 1.165) is 32.2 Å². The Labute approximate surface area is 152 Å². The zero-order valence-electron chi connectivity index (χ0n) is 12.9. The van der Waals surface area contributed by atoms with Crippen LogP contribution in [0.15, 0.2) is 58.4 Å². The van der Waals surface area contributed by atoms with Crippen LogP contribution in [0.4, 0.5) is 5.69 Å². The minimum Gasteiger partial charge on any atom is -0.322 e. The van der Waals surface area contributed by atoms with E-state index in [9.17, 15) is 4.79 Å². The maximum absolute atomic E-state index is 12.4. The van der Waals surface area contributed by atoms with E-state index in [0.29, 0.717) is 5.56 Å². The summed E-state index contributed by atoms with van der Waals surface area (Å²) < 4.78 is 0.934. The number of carbonyl (C=O) groups is 1. The summed E-state index contributed by atoms with van der Waals surface area (Å²) in [7, 11) is 0. The van der Waals surface area contributed by atoms with Crippen molar-refractivity contribution in [3.8, 4) is 0 Å². The van der Waals surface area contributed by atoms with Crippen molar-refractivity contribution in [1.82, 2.24) is 15.2 Å². The number of anilines is 1. The molecule has 0 saturated carbocycles. The molecule has 1 heterocycles. The molecule has 0 bridgehead atoms. The average molecular weight is 403 g/mol. The third-order valence-electron chi connectivity index (χ3n) is 3.43. The molecule has 0 aliphatic rings. The Kier molecular flexibility index (Phi) is 5.32. The largest absolute Gasteiger partial charge is 0.322 e. The summed E-state index contributed by atoms with van der Waals surface area (Å²) >= 11 is 4.99. The van der Waals surface area contributed by atoms with Crippen LogP contribution in [0.3, 0.4) is 0 Å². The van der Waals surface area contributed by atoms with Crippen LogP contribution < -0.4 is 5.32 Å². The van der Waals surface area contributed by atoms with Crippen LogP contribution in [-0.4, -0.2) is 21.1 Å². The number of nitrogens with zero attached hydrogens (tertiary/aromatic N) is 2. The second kappa shape index (κ2) is 7.63. The molecule has 0 atom stereocenters. The van der Waals surface area contributed by atoms with Crippen LogP contribution >= 0.6 is 27.7 Å². The molecule has 0 aliphatic heterocycles. The molecule has 0 saturated heterocycles. The number of H-pyrrole nitrogens is 1. The minimum absolute atomic E-state index is 0.120. The van der Waals surface area contributed by atoms with E-state index >= 15 is 0 Å². The molecule has 0 unspecified atom stereocenters. The number of aromatic amines is 1. The first-order valence-electron chi connectivity index (χ1n) is 7.26. The van der Waals surface area contributed by atoms with Gasteiger partial charge < -0.3 is 5.32 Å². The second-order valence-corrected chi connectivity index (χ2v) is 7.07. The van der Waals surface area contributed by atoms with Crippen molar-refractivity contribution in [2.45, 2.75) is 17.8 Å². The number of hydrogen-bond acceptors (Lipinski definition) is 4. The number of benzene rings is 2. The van der Waals surface area contributed by atoms with E-state index in [1.807, 2.05) is 49.4 Å². The fourth-order valence-corrected chi connectivity index (χ4v) is 3.19. The number of thioether (sulfide) groups is 1. The van der Waals surface area contributed by atoms with Gasteiger partial charge in [0.1, 0.15) is 6.33 Å². The Morgan fingerprint density at radius 2 is 2.04 bits per heavy atom. The summed E-state index contributed by atoms with van der Waals surface area (Å²) in [6.45, 7) is 1.96. The van der Waals surface area contributed by atoms with Crippen molar-refractivity contribution in [2.75, 3.05) is 5.32 Å². The van der Waals surface area contributed by atoms with Gasteiger partial charge in [0.25, 0.3) is 5.91 Å². The van der Waals surface area contributed by atoms with E-state index in [4.69, 9.17) is 0 Å². The molecule has 0 fully saturated rings. The molecule has 5 nitrogen and oxygen atoms in total. The number of halogens is 1. The Balaban J connectivity index is 1.64. The van der Waals surface area contributed by atoms with Crippen LogP contribution in [0.5, 0.6) is 0 Å². The zero-order chi connectivity index (χ0) is 16.9. The van der Waals surface area contributed by atoms with Crippen LogP contribution in [0, 0.1) is 6.92 Å². The summed E-state index contributed by atoms with van der Waals surface area (Å²) in [4.78, 5) is 16.4. The van der Waals surface area contributed by atoms with Crippen molar-refractivity contribution in [3.63, 3.8) is 0 Å². The van der Waals surface area contributed by atoms with Gasteiger partial charge in [0.05, 0.1) is 0 Å². The molecular formula is C17H15BrN4OS. The van der Waals surface area contributed by atoms with Gasteiger partial charge in [0.2, 0.25) is 0 Å². The van der Waals surface area contributed by atoms with Crippen LogP contribution in [0.1, 0.15) is 21.5 Å². The second-order valence-electron chi connectivity index (χ2n) is 5.19. The Bertz CT molecular complexity index is 834. The average Bonchev–Trinajstić information content (AvgIpc) is 3.10. The van der Waals surface area contributed by atoms with Gasteiger partial charge in [-0.05, 0) is 42.3 Å².